The molecule has 3 fully saturated rings. The van der Waals surface area contributed by atoms with Gasteiger partial charge in [0.15, 0.2) is 0 Å². The molecule has 228 valence electrons. The standard InChI is InChI=1S/C33H44N2O7/c1-33(2,3)26-28(32(37)38)35(31(36)25-15-8-9-16-41-25)27(23-13-6-7-14-24(23)39-4)29(26)42-19-22-17-21(20-11-10-12-20)18-34-30(22)40-5/h6-7,13-14,17-18,20,25-29H,8-12,15-16,19H2,1-5H3,(H,37,38)/t25-,26+,27-,28-,29-/m0/s1. The molecule has 9 heteroatoms. The Hall–Kier alpha value is -3.17. The van der Waals surface area contributed by atoms with E-state index in [-0.39, 0.29) is 12.5 Å². The first-order valence-electron chi connectivity index (χ1n) is 15.1. The third kappa shape index (κ3) is 5.86. The van der Waals surface area contributed by atoms with Gasteiger partial charge in [0.05, 0.1) is 33.0 Å². The van der Waals surface area contributed by atoms with Crippen LogP contribution in [0.4, 0.5) is 0 Å². The van der Waals surface area contributed by atoms with Crippen molar-refractivity contribution in [3.63, 3.8) is 0 Å². The van der Waals surface area contributed by atoms with Crippen LogP contribution in [-0.2, 0) is 25.7 Å². The molecule has 1 aromatic heterocycles. The van der Waals surface area contributed by atoms with Gasteiger partial charge in [0.1, 0.15) is 17.9 Å². The van der Waals surface area contributed by atoms with E-state index < -0.39 is 41.6 Å². The van der Waals surface area contributed by atoms with Crippen LogP contribution in [0.1, 0.15) is 87.9 Å². The second-order valence-corrected chi connectivity index (χ2v) is 12.8. The first-order valence-corrected chi connectivity index (χ1v) is 15.1. The molecule has 1 aliphatic carbocycles. The average Bonchev–Trinajstić information content (AvgIpc) is 3.31. The lowest BCUT2D eigenvalue weighted by Gasteiger charge is -2.35. The van der Waals surface area contributed by atoms with Crippen molar-refractivity contribution < 1.29 is 33.6 Å². The summed E-state index contributed by atoms with van der Waals surface area (Å²) in [7, 11) is 3.17. The largest absolute Gasteiger partial charge is 0.496 e. The van der Waals surface area contributed by atoms with Gasteiger partial charge in [0.2, 0.25) is 5.88 Å². The van der Waals surface area contributed by atoms with E-state index in [1.807, 2.05) is 51.2 Å². The van der Waals surface area contributed by atoms with E-state index in [4.69, 9.17) is 18.9 Å². The van der Waals surface area contributed by atoms with Crippen molar-refractivity contribution >= 4 is 11.9 Å². The normalized spacial score (nSPS) is 26.5. The summed E-state index contributed by atoms with van der Waals surface area (Å²) >= 11 is 0. The molecule has 2 saturated heterocycles. The Balaban J connectivity index is 1.60. The Bertz CT molecular complexity index is 1270. The summed E-state index contributed by atoms with van der Waals surface area (Å²) < 4.78 is 24.1. The fraction of sp³-hybridized carbons (Fsp3) is 0.606. The third-order valence-electron chi connectivity index (χ3n) is 9.17. The maximum absolute atomic E-state index is 14.3. The number of para-hydroxylation sites is 1. The zero-order valence-corrected chi connectivity index (χ0v) is 25.4. The van der Waals surface area contributed by atoms with Crippen molar-refractivity contribution in [3.8, 4) is 11.6 Å². The number of carboxylic acid groups (broad SMARTS) is 1. The van der Waals surface area contributed by atoms with Crippen LogP contribution in [0.2, 0.25) is 0 Å². The van der Waals surface area contributed by atoms with Crippen LogP contribution in [0.3, 0.4) is 0 Å². The molecule has 5 rings (SSSR count). The Labute approximate surface area is 248 Å². The number of carbonyl (C=O) groups excluding carboxylic acids is 1. The monoisotopic (exact) mass is 580 g/mol. The summed E-state index contributed by atoms with van der Waals surface area (Å²) in [5.41, 5.74) is 2.16. The van der Waals surface area contributed by atoms with Crippen molar-refractivity contribution in [1.82, 2.24) is 9.88 Å². The van der Waals surface area contributed by atoms with Crippen LogP contribution in [0.15, 0.2) is 36.5 Å². The highest BCUT2D eigenvalue weighted by atomic mass is 16.5. The second kappa shape index (κ2) is 12.6. The molecule has 1 N–H and O–H groups in total. The van der Waals surface area contributed by atoms with Crippen molar-refractivity contribution in [2.45, 2.75) is 96.1 Å². The number of amides is 1. The van der Waals surface area contributed by atoms with Crippen LogP contribution in [-0.4, -0.2) is 65.9 Å². The zero-order valence-electron chi connectivity index (χ0n) is 25.4. The van der Waals surface area contributed by atoms with E-state index in [9.17, 15) is 14.7 Å². The number of benzene rings is 1. The predicted molar refractivity (Wildman–Crippen MR) is 156 cm³/mol. The molecule has 1 saturated carbocycles. The smallest absolute Gasteiger partial charge is 0.326 e. The number of hydrogen-bond acceptors (Lipinski definition) is 7. The lowest BCUT2D eigenvalue weighted by atomic mass is 9.73. The molecule has 5 atom stereocenters. The number of likely N-dealkylation sites (tertiary alicyclic amines) is 1. The molecule has 0 spiro atoms. The number of carboxylic acids is 1. The molecular formula is C33H44N2O7. The molecule has 0 bridgehead atoms. The molecular weight excluding hydrogens is 536 g/mol. The van der Waals surface area contributed by atoms with E-state index in [1.54, 1.807) is 14.2 Å². The summed E-state index contributed by atoms with van der Waals surface area (Å²) in [6.07, 6.45) is 6.31. The number of carbonyl (C=O) groups is 2. The molecule has 3 heterocycles. The van der Waals surface area contributed by atoms with Gasteiger partial charge in [-0.15, -0.1) is 0 Å². The molecule has 42 heavy (non-hydrogen) atoms. The Morgan fingerprint density at radius 2 is 1.83 bits per heavy atom. The zero-order chi connectivity index (χ0) is 30.0. The lowest BCUT2D eigenvalue weighted by Crippen LogP contribution is -2.51. The van der Waals surface area contributed by atoms with Gasteiger partial charge < -0.3 is 29.0 Å². The minimum atomic E-state index is -1.12. The molecule has 9 nitrogen and oxygen atoms in total. The van der Waals surface area contributed by atoms with Gasteiger partial charge in [-0.1, -0.05) is 45.4 Å². The Morgan fingerprint density at radius 1 is 1.07 bits per heavy atom. The minimum absolute atomic E-state index is 0.161. The van der Waals surface area contributed by atoms with Gasteiger partial charge in [-0.05, 0) is 61.1 Å². The van der Waals surface area contributed by atoms with Gasteiger partial charge in [-0.3, -0.25) is 4.79 Å². The summed E-state index contributed by atoms with van der Waals surface area (Å²) in [4.78, 5) is 33.5. The molecule has 1 amide bonds. The minimum Gasteiger partial charge on any atom is -0.496 e. The molecule has 2 aromatic rings. The number of aromatic nitrogens is 1. The van der Waals surface area contributed by atoms with Crippen LogP contribution >= 0.6 is 0 Å². The fourth-order valence-corrected chi connectivity index (χ4v) is 6.88. The summed E-state index contributed by atoms with van der Waals surface area (Å²) in [6, 6.07) is 7.74. The van der Waals surface area contributed by atoms with E-state index in [2.05, 4.69) is 11.1 Å². The van der Waals surface area contributed by atoms with Crippen molar-refractivity contribution in [1.29, 1.82) is 0 Å². The fourth-order valence-electron chi connectivity index (χ4n) is 6.88. The van der Waals surface area contributed by atoms with Gasteiger partial charge in [0, 0.05) is 29.8 Å². The van der Waals surface area contributed by atoms with Crippen molar-refractivity contribution in [3.05, 3.63) is 53.2 Å². The molecule has 1 aromatic carbocycles. The first-order chi connectivity index (χ1) is 20.2. The number of ether oxygens (including phenoxy) is 4. The van der Waals surface area contributed by atoms with Gasteiger partial charge in [-0.2, -0.15) is 0 Å². The van der Waals surface area contributed by atoms with Crippen LogP contribution in [0.5, 0.6) is 11.6 Å². The Kier molecular flexibility index (Phi) is 9.08. The molecule has 2 aliphatic heterocycles. The first kappa shape index (κ1) is 30.3. The topological polar surface area (TPSA) is 107 Å². The highest BCUT2D eigenvalue weighted by molar-refractivity contribution is 5.88. The van der Waals surface area contributed by atoms with E-state index in [0.717, 1.165) is 36.8 Å². The number of rotatable bonds is 9. The maximum Gasteiger partial charge on any atom is 0.326 e. The quantitative estimate of drug-likeness (QED) is 0.413. The van der Waals surface area contributed by atoms with Crippen LogP contribution in [0.25, 0.3) is 0 Å². The van der Waals surface area contributed by atoms with E-state index in [0.29, 0.717) is 36.1 Å². The number of pyridine rings is 1. The second-order valence-electron chi connectivity index (χ2n) is 12.8. The SMILES string of the molecule is COc1ccccc1[C@H]1[C@@H](OCc2cc(C3CCC3)cnc2OC)[C@H](C(C)(C)C)[C@@H](C(=O)O)N1C(=O)[C@@H]1CCCCO1. The highest BCUT2D eigenvalue weighted by Crippen LogP contribution is 2.52. The highest BCUT2D eigenvalue weighted by Gasteiger charge is 2.60. The van der Waals surface area contributed by atoms with Crippen molar-refractivity contribution in [2.75, 3.05) is 20.8 Å². The molecule has 0 unspecified atom stereocenters. The molecule has 0 radical (unpaired) electrons. The van der Waals surface area contributed by atoms with E-state index in [1.165, 1.54) is 11.3 Å². The number of nitrogens with zero attached hydrogens (tertiary/aromatic N) is 2. The summed E-state index contributed by atoms with van der Waals surface area (Å²) in [5, 5.41) is 10.7. The number of aliphatic carboxylic acids is 1. The van der Waals surface area contributed by atoms with Gasteiger partial charge in [-0.25, -0.2) is 9.78 Å². The molecule has 3 aliphatic rings. The maximum atomic E-state index is 14.3. The number of methoxy groups -OCH3 is 2. The lowest BCUT2D eigenvalue weighted by molar-refractivity contribution is -0.159. The van der Waals surface area contributed by atoms with Crippen LogP contribution < -0.4 is 9.47 Å². The van der Waals surface area contributed by atoms with Crippen LogP contribution in [0, 0.1) is 11.3 Å². The average molecular weight is 581 g/mol. The summed E-state index contributed by atoms with van der Waals surface area (Å²) in [5.74, 6) is -0.372. The number of hydrogen-bond donors (Lipinski definition) is 1. The predicted octanol–water partition coefficient (Wildman–Crippen LogP) is 5.52. The van der Waals surface area contributed by atoms with Gasteiger partial charge in [0.25, 0.3) is 5.91 Å². The van der Waals surface area contributed by atoms with Gasteiger partial charge >= 0.3 is 5.97 Å². The third-order valence-corrected chi connectivity index (χ3v) is 9.17. The van der Waals surface area contributed by atoms with E-state index >= 15 is 0 Å². The Morgan fingerprint density at radius 3 is 2.43 bits per heavy atom. The van der Waals surface area contributed by atoms with Crippen molar-refractivity contribution in [2.24, 2.45) is 11.3 Å². The summed E-state index contributed by atoms with van der Waals surface area (Å²) in [6.45, 7) is 6.66.